The summed E-state index contributed by atoms with van der Waals surface area (Å²) in [4.78, 5) is 22.7. The highest BCUT2D eigenvalue weighted by Crippen LogP contribution is 2.06. The van der Waals surface area contributed by atoms with Crippen LogP contribution >= 0.6 is 11.8 Å². The normalized spacial score (nSPS) is 11.8. The minimum atomic E-state index is -1.04. The number of carbonyl (C=O) groups excluding carboxylic acids is 1. The summed E-state index contributed by atoms with van der Waals surface area (Å²) in [5.41, 5.74) is 1.21. The third-order valence-corrected chi connectivity index (χ3v) is 3.31. The molecule has 1 aromatic rings. The van der Waals surface area contributed by atoms with Crippen LogP contribution in [-0.2, 0) is 9.59 Å². The average molecular weight is 304 g/mol. The number of rotatable bonds is 7. The van der Waals surface area contributed by atoms with Gasteiger partial charge in [0.1, 0.15) is 6.04 Å². The number of nitrogens with zero attached hydrogens (tertiary/aromatic N) is 1. The molecule has 1 unspecified atom stereocenters. The van der Waals surface area contributed by atoms with E-state index in [2.05, 4.69) is 5.32 Å². The Labute approximate surface area is 127 Å². The molecule has 0 aliphatic carbocycles. The number of carbonyl (C=O) groups is 2. The van der Waals surface area contributed by atoms with E-state index in [1.165, 1.54) is 17.8 Å². The third kappa shape index (κ3) is 6.15. The lowest BCUT2D eigenvalue weighted by atomic mass is 10.1. The molecule has 0 spiro atoms. The predicted molar refractivity (Wildman–Crippen MR) is 82.8 cm³/mol. The predicted octanol–water partition coefficient (Wildman–Crippen LogP) is 1.89. The first-order valence-corrected chi connectivity index (χ1v) is 7.66. The maximum absolute atomic E-state index is 11.7. The molecular formula is C15H16N2O3S. The number of aliphatic carboxylic acids is 1. The van der Waals surface area contributed by atoms with Crippen LogP contribution < -0.4 is 5.32 Å². The number of nitrogens with one attached hydrogen (secondary N) is 1. The summed E-state index contributed by atoms with van der Waals surface area (Å²) >= 11 is 1.53. The van der Waals surface area contributed by atoms with Gasteiger partial charge >= 0.3 is 5.97 Å². The average Bonchev–Trinajstić information content (AvgIpc) is 2.49. The number of thioether (sulfide) groups is 1. The van der Waals surface area contributed by atoms with E-state index in [9.17, 15) is 9.59 Å². The summed E-state index contributed by atoms with van der Waals surface area (Å²) in [5.74, 6) is -0.853. The summed E-state index contributed by atoms with van der Waals surface area (Å²) in [6, 6.07) is 7.91. The Hall–Kier alpha value is -2.26. The molecule has 1 amide bonds. The lowest BCUT2D eigenvalue weighted by Crippen LogP contribution is -2.40. The Balaban J connectivity index is 2.64. The number of benzene rings is 1. The molecule has 0 radical (unpaired) electrons. The van der Waals surface area contributed by atoms with Crippen molar-refractivity contribution in [2.24, 2.45) is 0 Å². The van der Waals surface area contributed by atoms with Gasteiger partial charge in [-0.15, -0.1) is 0 Å². The quantitative estimate of drug-likeness (QED) is 0.751. The zero-order chi connectivity index (χ0) is 15.7. The van der Waals surface area contributed by atoms with Gasteiger partial charge in [-0.1, -0.05) is 12.1 Å². The van der Waals surface area contributed by atoms with Crippen molar-refractivity contribution in [3.8, 4) is 6.07 Å². The van der Waals surface area contributed by atoms with E-state index in [0.29, 0.717) is 23.3 Å². The van der Waals surface area contributed by atoms with Crippen LogP contribution in [0.5, 0.6) is 0 Å². The molecule has 0 aromatic heterocycles. The Bertz CT molecular complexity index is 579. The molecule has 0 bridgehead atoms. The molecule has 1 rings (SSSR count). The fraction of sp³-hybridized carbons (Fsp3) is 0.267. The topological polar surface area (TPSA) is 90.2 Å². The largest absolute Gasteiger partial charge is 0.480 e. The second-order valence-corrected chi connectivity index (χ2v) is 5.24. The van der Waals surface area contributed by atoms with E-state index in [1.807, 2.05) is 12.3 Å². The fourth-order valence-corrected chi connectivity index (χ4v) is 2.07. The Kier molecular flexibility index (Phi) is 7.05. The van der Waals surface area contributed by atoms with Gasteiger partial charge < -0.3 is 10.4 Å². The van der Waals surface area contributed by atoms with Gasteiger partial charge in [-0.25, -0.2) is 4.79 Å². The Morgan fingerprint density at radius 1 is 1.52 bits per heavy atom. The van der Waals surface area contributed by atoms with E-state index in [0.717, 1.165) is 0 Å². The molecule has 110 valence electrons. The SMILES string of the molecule is CSCCC(NC(=O)/C=C/c1cccc(C#N)c1)C(=O)O. The maximum atomic E-state index is 11.7. The van der Waals surface area contributed by atoms with Crippen molar-refractivity contribution in [1.29, 1.82) is 5.26 Å². The molecule has 0 saturated carbocycles. The van der Waals surface area contributed by atoms with Crippen LogP contribution in [-0.4, -0.2) is 35.0 Å². The van der Waals surface area contributed by atoms with Crippen LogP contribution in [0.15, 0.2) is 30.3 Å². The van der Waals surface area contributed by atoms with E-state index >= 15 is 0 Å². The smallest absolute Gasteiger partial charge is 0.326 e. The minimum Gasteiger partial charge on any atom is -0.480 e. The van der Waals surface area contributed by atoms with Crippen molar-refractivity contribution in [2.45, 2.75) is 12.5 Å². The number of carboxylic acid groups (broad SMARTS) is 1. The van der Waals surface area contributed by atoms with Gasteiger partial charge in [0.05, 0.1) is 11.6 Å². The zero-order valence-corrected chi connectivity index (χ0v) is 12.4. The molecule has 2 N–H and O–H groups in total. The first-order valence-electron chi connectivity index (χ1n) is 6.27. The van der Waals surface area contributed by atoms with Crippen LogP contribution in [0.4, 0.5) is 0 Å². The molecule has 6 heteroatoms. The van der Waals surface area contributed by atoms with Gasteiger partial charge in [0.25, 0.3) is 0 Å². The van der Waals surface area contributed by atoms with E-state index in [1.54, 1.807) is 30.3 Å². The Morgan fingerprint density at radius 3 is 2.90 bits per heavy atom. The van der Waals surface area contributed by atoms with Crippen molar-refractivity contribution in [1.82, 2.24) is 5.32 Å². The van der Waals surface area contributed by atoms with Crippen LogP contribution in [0, 0.1) is 11.3 Å². The maximum Gasteiger partial charge on any atom is 0.326 e. The van der Waals surface area contributed by atoms with Crippen LogP contribution in [0.25, 0.3) is 6.08 Å². The van der Waals surface area contributed by atoms with Gasteiger partial charge in [0.2, 0.25) is 5.91 Å². The van der Waals surface area contributed by atoms with Gasteiger partial charge in [0.15, 0.2) is 0 Å². The van der Waals surface area contributed by atoms with Crippen molar-refractivity contribution >= 4 is 29.7 Å². The fourth-order valence-electron chi connectivity index (χ4n) is 1.60. The minimum absolute atomic E-state index is 0.375. The molecule has 0 heterocycles. The molecule has 0 aliphatic rings. The number of carboxylic acids is 1. The van der Waals surface area contributed by atoms with Gasteiger partial charge in [-0.2, -0.15) is 17.0 Å². The summed E-state index contributed by atoms with van der Waals surface area (Å²) < 4.78 is 0. The molecule has 0 aliphatic heterocycles. The van der Waals surface area contributed by atoms with Crippen molar-refractivity contribution in [2.75, 3.05) is 12.0 Å². The summed E-state index contributed by atoms with van der Waals surface area (Å²) in [6.07, 6.45) is 5.07. The summed E-state index contributed by atoms with van der Waals surface area (Å²) in [6.45, 7) is 0. The highest BCUT2D eigenvalue weighted by Gasteiger charge is 2.17. The van der Waals surface area contributed by atoms with E-state index in [-0.39, 0.29) is 0 Å². The van der Waals surface area contributed by atoms with E-state index < -0.39 is 17.9 Å². The summed E-state index contributed by atoms with van der Waals surface area (Å²) in [5, 5.41) is 20.2. The zero-order valence-electron chi connectivity index (χ0n) is 11.6. The number of amides is 1. The molecular weight excluding hydrogens is 288 g/mol. The first kappa shape index (κ1) is 16.8. The monoisotopic (exact) mass is 304 g/mol. The third-order valence-electron chi connectivity index (χ3n) is 2.67. The molecule has 21 heavy (non-hydrogen) atoms. The highest BCUT2D eigenvalue weighted by atomic mass is 32.2. The first-order chi connectivity index (χ1) is 10.1. The lowest BCUT2D eigenvalue weighted by molar-refractivity contribution is -0.141. The van der Waals surface area contributed by atoms with E-state index in [4.69, 9.17) is 10.4 Å². The van der Waals surface area contributed by atoms with Crippen LogP contribution in [0.2, 0.25) is 0 Å². The van der Waals surface area contributed by atoms with Crippen molar-refractivity contribution in [3.63, 3.8) is 0 Å². The standard InChI is InChI=1S/C15H16N2O3S/c1-21-8-7-13(15(19)20)17-14(18)6-5-11-3-2-4-12(9-11)10-16/h2-6,9,13H,7-8H2,1H3,(H,17,18)(H,19,20)/b6-5+. The molecule has 0 fully saturated rings. The Morgan fingerprint density at radius 2 is 2.29 bits per heavy atom. The second-order valence-electron chi connectivity index (χ2n) is 4.25. The van der Waals surface area contributed by atoms with Gasteiger partial charge in [-0.05, 0) is 42.2 Å². The molecule has 0 saturated heterocycles. The van der Waals surface area contributed by atoms with Gasteiger partial charge in [0, 0.05) is 6.08 Å². The van der Waals surface area contributed by atoms with Crippen molar-refractivity contribution < 1.29 is 14.7 Å². The molecule has 1 aromatic carbocycles. The molecule has 1 atom stereocenters. The molecule has 5 nitrogen and oxygen atoms in total. The number of nitriles is 1. The lowest BCUT2D eigenvalue weighted by Gasteiger charge is -2.12. The van der Waals surface area contributed by atoms with Crippen molar-refractivity contribution in [3.05, 3.63) is 41.5 Å². The second kappa shape index (κ2) is 8.82. The number of hydrogen-bond acceptors (Lipinski definition) is 4. The highest BCUT2D eigenvalue weighted by molar-refractivity contribution is 7.98. The summed E-state index contributed by atoms with van der Waals surface area (Å²) in [7, 11) is 0. The van der Waals surface area contributed by atoms with Crippen LogP contribution in [0.1, 0.15) is 17.5 Å². The van der Waals surface area contributed by atoms with Crippen LogP contribution in [0.3, 0.4) is 0 Å². The van der Waals surface area contributed by atoms with Gasteiger partial charge in [-0.3, -0.25) is 4.79 Å². The number of hydrogen-bond donors (Lipinski definition) is 2.